The summed E-state index contributed by atoms with van der Waals surface area (Å²) in [5.41, 5.74) is 0.656. The number of aromatic nitrogens is 2. The fourth-order valence-electron chi connectivity index (χ4n) is 1.85. The maximum absolute atomic E-state index is 11.6. The van der Waals surface area contributed by atoms with Crippen molar-refractivity contribution in [3.8, 4) is 23.0 Å². The first-order valence-electron chi connectivity index (χ1n) is 7.33. The molecule has 134 valence electrons. The number of amides is 3. The first-order valence-corrected chi connectivity index (χ1v) is 8.32. The van der Waals surface area contributed by atoms with Crippen LogP contribution in [0.1, 0.15) is 6.92 Å². The molecule has 0 fully saturated rings. The summed E-state index contributed by atoms with van der Waals surface area (Å²) < 4.78 is 15.9. The molecule has 1 aromatic heterocycles. The van der Waals surface area contributed by atoms with E-state index in [1.165, 1.54) is 7.11 Å². The van der Waals surface area contributed by atoms with Gasteiger partial charge in [-0.1, -0.05) is 11.8 Å². The van der Waals surface area contributed by atoms with E-state index in [0.717, 1.165) is 11.8 Å². The van der Waals surface area contributed by atoms with Gasteiger partial charge in [-0.15, -0.1) is 10.2 Å². The summed E-state index contributed by atoms with van der Waals surface area (Å²) in [6, 6.07) is 4.66. The molecule has 1 heterocycles. The number of hydrogen-bond acceptors (Lipinski definition) is 8. The second-order valence-electron chi connectivity index (χ2n) is 4.64. The Kier molecular flexibility index (Phi) is 6.63. The standard InChI is InChI=1S/C15H18N4O5S/c1-4-16-14(21)17-12(20)8-25-15-19-18-13(24-15)9-5-6-10(22-2)11(7-9)23-3/h5-7H,4,8H2,1-3H3,(H2,16,17,20,21). The first-order chi connectivity index (χ1) is 12.1. The number of nitrogens with zero attached hydrogens (tertiary/aromatic N) is 2. The zero-order valence-corrected chi connectivity index (χ0v) is 14.8. The summed E-state index contributed by atoms with van der Waals surface area (Å²) in [6.45, 7) is 2.19. The van der Waals surface area contributed by atoms with Gasteiger partial charge in [0.2, 0.25) is 11.8 Å². The van der Waals surface area contributed by atoms with Gasteiger partial charge in [0, 0.05) is 12.1 Å². The molecule has 2 N–H and O–H groups in total. The molecule has 0 atom stereocenters. The van der Waals surface area contributed by atoms with Crippen LogP contribution >= 0.6 is 11.8 Å². The van der Waals surface area contributed by atoms with E-state index in [-0.39, 0.29) is 16.9 Å². The van der Waals surface area contributed by atoms with Gasteiger partial charge in [-0.05, 0) is 25.1 Å². The van der Waals surface area contributed by atoms with Crippen molar-refractivity contribution in [3.05, 3.63) is 18.2 Å². The number of thioether (sulfide) groups is 1. The Hall–Kier alpha value is -2.75. The molecule has 9 nitrogen and oxygen atoms in total. The van der Waals surface area contributed by atoms with Crippen molar-refractivity contribution in [2.24, 2.45) is 0 Å². The number of hydrogen-bond donors (Lipinski definition) is 2. The topological polar surface area (TPSA) is 116 Å². The molecule has 10 heteroatoms. The number of carbonyl (C=O) groups is 2. The highest BCUT2D eigenvalue weighted by Crippen LogP contribution is 2.32. The summed E-state index contributed by atoms with van der Waals surface area (Å²) in [5, 5.41) is 12.7. The Labute approximate surface area is 148 Å². The highest BCUT2D eigenvalue weighted by Gasteiger charge is 2.14. The van der Waals surface area contributed by atoms with Gasteiger partial charge >= 0.3 is 6.03 Å². The predicted molar refractivity (Wildman–Crippen MR) is 90.8 cm³/mol. The monoisotopic (exact) mass is 366 g/mol. The normalized spacial score (nSPS) is 10.2. The van der Waals surface area contributed by atoms with Crippen molar-refractivity contribution in [1.29, 1.82) is 0 Å². The van der Waals surface area contributed by atoms with E-state index in [1.807, 2.05) is 0 Å². The van der Waals surface area contributed by atoms with Crippen molar-refractivity contribution >= 4 is 23.7 Å². The van der Waals surface area contributed by atoms with Gasteiger partial charge in [0.1, 0.15) is 0 Å². The first kappa shape index (κ1) is 18.6. The van der Waals surface area contributed by atoms with E-state index in [2.05, 4.69) is 20.8 Å². The predicted octanol–water partition coefficient (Wildman–Crippen LogP) is 1.69. The maximum atomic E-state index is 11.6. The van der Waals surface area contributed by atoms with Gasteiger partial charge in [-0.3, -0.25) is 10.1 Å². The van der Waals surface area contributed by atoms with E-state index in [4.69, 9.17) is 13.9 Å². The van der Waals surface area contributed by atoms with Crippen LogP contribution < -0.4 is 20.1 Å². The molecule has 0 saturated heterocycles. The smallest absolute Gasteiger partial charge is 0.321 e. The van der Waals surface area contributed by atoms with Crippen LogP contribution in [0.2, 0.25) is 0 Å². The van der Waals surface area contributed by atoms with Crippen LogP contribution in [-0.4, -0.2) is 48.7 Å². The third kappa shape index (κ3) is 5.11. The second-order valence-corrected chi connectivity index (χ2v) is 5.57. The Morgan fingerprint density at radius 3 is 2.64 bits per heavy atom. The lowest BCUT2D eigenvalue weighted by Crippen LogP contribution is -2.40. The van der Waals surface area contributed by atoms with Gasteiger partial charge < -0.3 is 19.2 Å². The Balaban J connectivity index is 1.98. The van der Waals surface area contributed by atoms with Crippen molar-refractivity contribution in [2.45, 2.75) is 12.1 Å². The molecule has 0 aliphatic rings. The summed E-state index contributed by atoms with van der Waals surface area (Å²) in [4.78, 5) is 22.9. The van der Waals surface area contributed by atoms with Crippen molar-refractivity contribution in [3.63, 3.8) is 0 Å². The number of rotatable bonds is 7. The minimum absolute atomic E-state index is 0.0231. The zero-order valence-electron chi connectivity index (χ0n) is 14.0. The average Bonchev–Trinajstić information content (AvgIpc) is 3.08. The molecule has 0 aliphatic carbocycles. The molecule has 2 aromatic rings. The lowest BCUT2D eigenvalue weighted by atomic mass is 10.2. The lowest BCUT2D eigenvalue weighted by Gasteiger charge is -2.07. The second kappa shape index (κ2) is 8.92. The van der Waals surface area contributed by atoms with Crippen LogP contribution in [0.25, 0.3) is 11.5 Å². The highest BCUT2D eigenvalue weighted by atomic mass is 32.2. The van der Waals surface area contributed by atoms with Gasteiger partial charge in [0.25, 0.3) is 5.22 Å². The van der Waals surface area contributed by atoms with Crippen LogP contribution in [0.5, 0.6) is 11.5 Å². The van der Waals surface area contributed by atoms with Gasteiger partial charge in [-0.2, -0.15) is 0 Å². The van der Waals surface area contributed by atoms with Gasteiger partial charge in [0.05, 0.1) is 20.0 Å². The van der Waals surface area contributed by atoms with E-state index >= 15 is 0 Å². The number of nitrogens with one attached hydrogen (secondary N) is 2. The maximum Gasteiger partial charge on any atom is 0.321 e. The molecular weight excluding hydrogens is 348 g/mol. The number of imide groups is 1. The third-order valence-corrected chi connectivity index (χ3v) is 3.77. The quantitative estimate of drug-likeness (QED) is 0.711. The average molecular weight is 366 g/mol. The molecule has 1 aromatic carbocycles. The molecule has 25 heavy (non-hydrogen) atoms. The number of benzene rings is 1. The van der Waals surface area contributed by atoms with E-state index in [0.29, 0.717) is 23.6 Å². The van der Waals surface area contributed by atoms with Crippen molar-refractivity contribution in [2.75, 3.05) is 26.5 Å². The van der Waals surface area contributed by atoms with Crippen LogP contribution in [0.15, 0.2) is 27.8 Å². The largest absolute Gasteiger partial charge is 0.493 e. The Bertz CT molecular complexity index is 749. The van der Waals surface area contributed by atoms with Crippen LogP contribution in [0.3, 0.4) is 0 Å². The van der Waals surface area contributed by atoms with Crippen molar-refractivity contribution < 1.29 is 23.5 Å². The Morgan fingerprint density at radius 1 is 1.20 bits per heavy atom. The Morgan fingerprint density at radius 2 is 1.96 bits per heavy atom. The van der Waals surface area contributed by atoms with E-state index in [1.54, 1.807) is 32.2 Å². The highest BCUT2D eigenvalue weighted by molar-refractivity contribution is 7.99. The fraction of sp³-hybridized carbons (Fsp3) is 0.333. The SMILES string of the molecule is CCNC(=O)NC(=O)CSc1nnc(-c2ccc(OC)c(OC)c2)o1. The zero-order chi connectivity index (χ0) is 18.2. The van der Waals surface area contributed by atoms with Crippen molar-refractivity contribution in [1.82, 2.24) is 20.8 Å². The third-order valence-electron chi connectivity index (χ3n) is 2.95. The summed E-state index contributed by atoms with van der Waals surface area (Å²) in [7, 11) is 3.08. The number of urea groups is 1. The molecular formula is C15H18N4O5S. The molecule has 0 unspecified atom stereocenters. The lowest BCUT2D eigenvalue weighted by molar-refractivity contribution is -0.117. The minimum Gasteiger partial charge on any atom is -0.493 e. The minimum atomic E-state index is -0.537. The van der Waals surface area contributed by atoms with E-state index in [9.17, 15) is 9.59 Å². The molecule has 0 saturated carbocycles. The molecule has 3 amide bonds. The molecule has 0 aliphatic heterocycles. The fourth-order valence-corrected chi connectivity index (χ4v) is 2.41. The number of carbonyl (C=O) groups excluding carboxylic acids is 2. The number of methoxy groups -OCH3 is 2. The molecule has 0 spiro atoms. The van der Waals surface area contributed by atoms with Crippen LogP contribution in [0, 0.1) is 0 Å². The molecule has 2 rings (SSSR count). The summed E-state index contributed by atoms with van der Waals surface area (Å²) >= 11 is 1.03. The van der Waals surface area contributed by atoms with Crippen LogP contribution in [-0.2, 0) is 4.79 Å². The summed E-state index contributed by atoms with van der Waals surface area (Å²) in [5.74, 6) is 0.926. The molecule has 0 radical (unpaired) electrons. The van der Waals surface area contributed by atoms with Gasteiger partial charge in [-0.25, -0.2) is 4.79 Å². The molecule has 0 bridgehead atoms. The summed E-state index contributed by atoms with van der Waals surface area (Å²) in [6.07, 6.45) is 0. The van der Waals surface area contributed by atoms with Crippen LogP contribution in [0.4, 0.5) is 4.79 Å². The van der Waals surface area contributed by atoms with E-state index < -0.39 is 11.9 Å². The van der Waals surface area contributed by atoms with Gasteiger partial charge in [0.15, 0.2) is 11.5 Å². The number of ether oxygens (including phenoxy) is 2.